The van der Waals surface area contributed by atoms with Gasteiger partial charge >= 0.3 is 0 Å². The van der Waals surface area contributed by atoms with Crippen LogP contribution < -0.4 is 0 Å². The largest absolute Gasteiger partial charge is 0.387 e. The maximum atomic E-state index is 10.6. The van der Waals surface area contributed by atoms with Crippen molar-refractivity contribution >= 4 is 12.4 Å². The van der Waals surface area contributed by atoms with Crippen LogP contribution in [0.4, 0.5) is 0 Å². The first-order valence-electron chi connectivity index (χ1n) is 8.94. The lowest BCUT2D eigenvalue weighted by atomic mass is 10.1. The molecule has 0 aliphatic carbocycles. The van der Waals surface area contributed by atoms with Crippen LogP contribution in [0.3, 0.4) is 0 Å². The van der Waals surface area contributed by atoms with E-state index < -0.39 is 12.2 Å². The third kappa shape index (κ3) is 6.49. The standard InChI is InChI=1S/C23H25NO2.ClH/c25-22(20-12-6-2-7-13-20)17-24(16-19-10-4-1-5-11-19)18-23(26)21-14-8-3-9-15-21;/h1-15,22-23,25-26H,16-18H2;1H. The first-order valence-corrected chi connectivity index (χ1v) is 8.94. The Morgan fingerprint density at radius 3 is 1.37 bits per heavy atom. The number of nitrogens with zero attached hydrogens (tertiary/aromatic N) is 1. The Hall–Kier alpha value is -2.17. The highest BCUT2D eigenvalue weighted by Crippen LogP contribution is 2.19. The third-order valence-electron chi connectivity index (χ3n) is 4.48. The van der Waals surface area contributed by atoms with E-state index in [9.17, 15) is 10.2 Å². The Morgan fingerprint density at radius 2 is 0.963 bits per heavy atom. The molecule has 0 heterocycles. The average Bonchev–Trinajstić information content (AvgIpc) is 2.70. The van der Waals surface area contributed by atoms with Gasteiger partial charge in [-0.2, -0.15) is 0 Å². The van der Waals surface area contributed by atoms with Gasteiger partial charge in [0.15, 0.2) is 0 Å². The highest BCUT2D eigenvalue weighted by molar-refractivity contribution is 5.85. The lowest BCUT2D eigenvalue weighted by Crippen LogP contribution is -2.32. The van der Waals surface area contributed by atoms with Gasteiger partial charge in [-0.25, -0.2) is 0 Å². The summed E-state index contributed by atoms with van der Waals surface area (Å²) in [5.41, 5.74) is 2.94. The molecule has 0 fully saturated rings. The van der Waals surface area contributed by atoms with Crippen LogP contribution in [0.1, 0.15) is 28.9 Å². The number of benzene rings is 3. The third-order valence-corrected chi connectivity index (χ3v) is 4.48. The first-order chi connectivity index (χ1) is 12.7. The fourth-order valence-electron chi connectivity index (χ4n) is 3.10. The van der Waals surface area contributed by atoms with Crippen LogP contribution in [0.2, 0.25) is 0 Å². The van der Waals surface area contributed by atoms with E-state index in [1.165, 1.54) is 0 Å². The number of hydrogen-bond acceptors (Lipinski definition) is 3. The molecule has 3 nitrogen and oxygen atoms in total. The number of halogens is 1. The number of aliphatic hydroxyl groups excluding tert-OH is 2. The molecule has 0 aromatic heterocycles. The van der Waals surface area contributed by atoms with Gasteiger partial charge in [0.1, 0.15) is 0 Å². The van der Waals surface area contributed by atoms with E-state index >= 15 is 0 Å². The maximum absolute atomic E-state index is 10.6. The van der Waals surface area contributed by atoms with Gasteiger partial charge in [-0.15, -0.1) is 12.4 Å². The van der Waals surface area contributed by atoms with E-state index in [0.29, 0.717) is 19.6 Å². The molecule has 0 saturated heterocycles. The molecular weight excluding hydrogens is 358 g/mol. The molecule has 0 aliphatic heterocycles. The van der Waals surface area contributed by atoms with Crippen molar-refractivity contribution in [2.24, 2.45) is 0 Å². The summed E-state index contributed by atoms with van der Waals surface area (Å²) in [7, 11) is 0. The molecule has 142 valence electrons. The maximum Gasteiger partial charge on any atom is 0.0917 e. The summed E-state index contributed by atoms with van der Waals surface area (Å²) in [5.74, 6) is 0. The Balaban J connectivity index is 0.00000261. The van der Waals surface area contributed by atoms with Crippen molar-refractivity contribution in [2.45, 2.75) is 18.8 Å². The SMILES string of the molecule is Cl.OC(CN(Cc1ccccc1)CC(O)c1ccccc1)c1ccccc1. The molecule has 2 unspecified atom stereocenters. The van der Waals surface area contributed by atoms with Crippen molar-refractivity contribution < 1.29 is 10.2 Å². The highest BCUT2D eigenvalue weighted by Gasteiger charge is 2.18. The Labute approximate surface area is 167 Å². The van der Waals surface area contributed by atoms with E-state index in [-0.39, 0.29) is 12.4 Å². The van der Waals surface area contributed by atoms with E-state index in [0.717, 1.165) is 16.7 Å². The fraction of sp³-hybridized carbons (Fsp3) is 0.217. The second kappa shape index (κ2) is 10.9. The summed E-state index contributed by atoms with van der Waals surface area (Å²) in [4.78, 5) is 2.10. The topological polar surface area (TPSA) is 43.7 Å². The van der Waals surface area contributed by atoms with Gasteiger partial charge in [-0.05, 0) is 16.7 Å². The quantitative estimate of drug-likeness (QED) is 0.606. The predicted octanol–water partition coefficient (Wildman–Crippen LogP) is 4.38. The molecule has 3 rings (SSSR count). The van der Waals surface area contributed by atoms with E-state index in [1.807, 2.05) is 78.9 Å². The molecule has 3 aromatic rings. The molecule has 0 bridgehead atoms. The van der Waals surface area contributed by atoms with Gasteiger partial charge < -0.3 is 10.2 Å². The molecule has 4 heteroatoms. The van der Waals surface area contributed by atoms with Crippen LogP contribution in [0.15, 0.2) is 91.0 Å². The second-order valence-corrected chi connectivity index (χ2v) is 6.53. The van der Waals surface area contributed by atoms with Gasteiger partial charge in [0.05, 0.1) is 12.2 Å². The lowest BCUT2D eigenvalue weighted by molar-refractivity contribution is 0.0647. The molecule has 3 aromatic carbocycles. The van der Waals surface area contributed by atoms with Gasteiger partial charge in [0.25, 0.3) is 0 Å². The fourth-order valence-corrected chi connectivity index (χ4v) is 3.10. The molecule has 0 amide bonds. The summed E-state index contributed by atoms with van der Waals surface area (Å²) in [5, 5.41) is 21.3. The zero-order chi connectivity index (χ0) is 18.2. The highest BCUT2D eigenvalue weighted by atomic mass is 35.5. The number of hydrogen-bond donors (Lipinski definition) is 2. The first kappa shape index (κ1) is 21.1. The van der Waals surface area contributed by atoms with Crippen molar-refractivity contribution in [3.63, 3.8) is 0 Å². The average molecular weight is 384 g/mol. The smallest absolute Gasteiger partial charge is 0.0917 e. The van der Waals surface area contributed by atoms with Gasteiger partial charge in [-0.1, -0.05) is 91.0 Å². The van der Waals surface area contributed by atoms with Crippen LogP contribution >= 0.6 is 12.4 Å². The van der Waals surface area contributed by atoms with Crippen molar-refractivity contribution in [3.05, 3.63) is 108 Å². The van der Waals surface area contributed by atoms with Crippen molar-refractivity contribution in [3.8, 4) is 0 Å². The van der Waals surface area contributed by atoms with Crippen LogP contribution in [-0.2, 0) is 6.54 Å². The number of aliphatic hydroxyl groups is 2. The molecule has 0 spiro atoms. The predicted molar refractivity (Wildman–Crippen MR) is 112 cm³/mol. The molecular formula is C23H26ClNO2. The summed E-state index contributed by atoms with van der Waals surface area (Å²) >= 11 is 0. The summed E-state index contributed by atoms with van der Waals surface area (Å²) in [6.07, 6.45) is -1.19. The van der Waals surface area contributed by atoms with Gasteiger partial charge in [-0.3, -0.25) is 4.90 Å². The van der Waals surface area contributed by atoms with Crippen molar-refractivity contribution in [2.75, 3.05) is 13.1 Å². The van der Waals surface area contributed by atoms with Crippen LogP contribution in [0.5, 0.6) is 0 Å². The summed E-state index contributed by atoms with van der Waals surface area (Å²) < 4.78 is 0. The second-order valence-electron chi connectivity index (χ2n) is 6.53. The summed E-state index contributed by atoms with van der Waals surface area (Å²) in [6.45, 7) is 1.60. The molecule has 0 aliphatic rings. The van der Waals surface area contributed by atoms with E-state index in [2.05, 4.69) is 17.0 Å². The normalized spacial score (nSPS) is 13.0. The molecule has 2 N–H and O–H groups in total. The molecule has 0 radical (unpaired) electrons. The van der Waals surface area contributed by atoms with Gasteiger partial charge in [0, 0.05) is 19.6 Å². The number of rotatable bonds is 8. The Morgan fingerprint density at radius 1 is 0.593 bits per heavy atom. The minimum absolute atomic E-state index is 0. The van der Waals surface area contributed by atoms with Crippen LogP contribution in [-0.4, -0.2) is 28.2 Å². The van der Waals surface area contributed by atoms with Crippen molar-refractivity contribution in [1.82, 2.24) is 4.90 Å². The summed E-state index contributed by atoms with van der Waals surface area (Å²) in [6, 6.07) is 29.5. The molecule has 27 heavy (non-hydrogen) atoms. The zero-order valence-electron chi connectivity index (χ0n) is 15.2. The molecule has 0 saturated carbocycles. The minimum atomic E-state index is -0.595. The van der Waals surface area contributed by atoms with Crippen molar-refractivity contribution in [1.29, 1.82) is 0 Å². The van der Waals surface area contributed by atoms with Crippen LogP contribution in [0, 0.1) is 0 Å². The Kier molecular flexibility index (Phi) is 8.49. The Bertz CT molecular complexity index is 721. The zero-order valence-corrected chi connectivity index (χ0v) is 16.0. The molecule has 2 atom stereocenters. The lowest BCUT2D eigenvalue weighted by Gasteiger charge is -2.27. The van der Waals surface area contributed by atoms with Gasteiger partial charge in [0.2, 0.25) is 0 Å². The minimum Gasteiger partial charge on any atom is -0.387 e. The van der Waals surface area contributed by atoms with Crippen LogP contribution in [0.25, 0.3) is 0 Å². The monoisotopic (exact) mass is 383 g/mol. The van der Waals surface area contributed by atoms with E-state index in [4.69, 9.17) is 0 Å². The van der Waals surface area contributed by atoms with E-state index in [1.54, 1.807) is 0 Å².